The average molecular weight is 355 g/mol. The molecule has 0 aliphatic heterocycles. The summed E-state index contributed by atoms with van der Waals surface area (Å²) in [5.41, 5.74) is -1.85. The summed E-state index contributed by atoms with van der Waals surface area (Å²) in [5, 5.41) is 9.09. The largest absolute Gasteiger partial charge is 0.495 e. The summed E-state index contributed by atoms with van der Waals surface area (Å²) in [6.07, 6.45) is -4.58. The molecule has 0 amide bonds. The molecule has 0 saturated heterocycles. The second-order valence-electron chi connectivity index (χ2n) is 5.01. The zero-order chi connectivity index (χ0) is 15.7. The number of rotatable bonds is 4. The van der Waals surface area contributed by atoms with Crippen molar-refractivity contribution in [2.75, 3.05) is 7.11 Å². The Kier molecular flexibility index (Phi) is 4.74. The highest BCUT2D eigenvalue weighted by atomic mass is 79.9. The fourth-order valence-corrected chi connectivity index (χ4v) is 2.39. The highest BCUT2D eigenvalue weighted by Gasteiger charge is 2.34. The molecular formula is C13H14BrF3O3. The summed E-state index contributed by atoms with van der Waals surface area (Å²) >= 11 is 3.02. The van der Waals surface area contributed by atoms with E-state index < -0.39 is 23.1 Å². The minimum Gasteiger partial charge on any atom is -0.495 e. The quantitative estimate of drug-likeness (QED) is 0.884. The number of hydrogen-bond donors (Lipinski definition) is 1. The first-order chi connectivity index (χ1) is 8.99. The Balaban J connectivity index is 3.36. The summed E-state index contributed by atoms with van der Waals surface area (Å²) in [6, 6.07) is 1.84. The maximum absolute atomic E-state index is 12.8. The summed E-state index contributed by atoms with van der Waals surface area (Å²) < 4.78 is 43.6. The van der Waals surface area contributed by atoms with Gasteiger partial charge in [0, 0.05) is 0 Å². The van der Waals surface area contributed by atoms with Crippen LogP contribution >= 0.6 is 15.9 Å². The van der Waals surface area contributed by atoms with Crippen molar-refractivity contribution < 1.29 is 27.8 Å². The van der Waals surface area contributed by atoms with Gasteiger partial charge >= 0.3 is 12.1 Å². The summed E-state index contributed by atoms with van der Waals surface area (Å²) in [7, 11) is 1.32. The van der Waals surface area contributed by atoms with E-state index in [4.69, 9.17) is 9.84 Å². The van der Waals surface area contributed by atoms with Crippen LogP contribution in [0.25, 0.3) is 0 Å². The van der Waals surface area contributed by atoms with E-state index in [0.717, 1.165) is 12.1 Å². The summed E-state index contributed by atoms with van der Waals surface area (Å²) in [6.45, 7) is 2.89. The molecule has 112 valence electrons. The molecule has 0 heterocycles. The highest BCUT2D eigenvalue weighted by Crippen LogP contribution is 2.39. The number of carbonyl (C=O) groups is 1. The number of benzene rings is 1. The summed E-state index contributed by atoms with van der Waals surface area (Å²) in [5.74, 6) is -0.875. The van der Waals surface area contributed by atoms with Crippen LogP contribution in [0.2, 0.25) is 0 Å². The monoisotopic (exact) mass is 354 g/mol. The zero-order valence-corrected chi connectivity index (χ0v) is 12.7. The van der Waals surface area contributed by atoms with E-state index in [1.807, 2.05) is 0 Å². The SMILES string of the molecule is COc1c(Br)cc(C(F)(F)F)cc1CC(C)(C)C(=O)O. The maximum atomic E-state index is 12.8. The van der Waals surface area contributed by atoms with E-state index in [9.17, 15) is 18.0 Å². The predicted molar refractivity (Wildman–Crippen MR) is 70.8 cm³/mol. The van der Waals surface area contributed by atoms with Crippen LogP contribution in [0.15, 0.2) is 16.6 Å². The molecule has 1 N–H and O–H groups in total. The van der Waals surface area contributed by atoms with Gasteiger partial charge in [0.15, 0.2) is 0 Å². The Morgan fingerprint density at radius 2 is 1.90 bits per heavy atom. The maximum Gasteiger partial charge on any atom is 0.416 e. The number of carboxylic acid groups (broad SMARTS) is 1. The second kappa shape index (κ2) is 5.63. The van der Waals surface area contributed by atoms with Crippen LogP contribution in [0.1, 0.15) is 25.0 Å². The van der Waals surface area contributed by atoms with Crippen LogP contribution in [-0.2, 0) is 17.4 Å². The van der Waals surface area contributed by atoms with Crippen molar-refractivity contribution in [2.45, 2.75) is 26.4 Å². The van der Waals surface area contributed by atoms with Gasteiger partial charge < -0.3 is 9.84 Å². The molecular weight excluding hydrogens is 341 g/mol. The second-order valence-corrected chi connectivity index (χ2v) is 5.87. The van der Waals surface area contributed by atoms with E-state index in [0.29, 0.717) is 0 Å². The Morgan fingerprint density at radius 3 is 2.30 bits per heavy atom. The molecule has 0 radical (unpaired) electrons. The number of aliphatic carboxylic acids is 1. The van der Waals surface area contributed by atoms with Crippen LogP contribution in [-0.4, -0.2) is 18.2 Å². The van der Waals surface area contributed by atoms with E-state index in [-0.39, 0.29) is 22.2 Å². The van der Waals surface area contributed by atoms with Crippen LogP contribution < -0.4 is 4.74 Å². The topological polar surface area (TPSA) is 46.5 Å². The summed E-state index contributed by atoms with van der Waals surface area (Å²) in [4.78, 5) is 11.1. The molecule has 0 spiro atoms. The van der Waals surface area contributed by atoms with Gasteiger partial charge in [0.05, 0.1) is 22.6 Å². The molecule has 0 aliphatic carbocycles. The standard InChI is InChI=1S/C13H14BrF3O3/c1-12(2,11(18)19)6-7-4-8(13(15,16)17)5-9(14)10(7)20-3/h4-5H,6H2,1-3H3,(H,18,19). The van der Waals surface area contributed by atoms with Gasteiger partial charge in [-0.1, -0.05) is 0 Å². The van der Waals surface area contributed by atoms with E-state index in [1.54, 1.807) is 0 Å². The highest BCUT2D eigenvalue weighted by molar-refractivity contribution is 9.10. The Labute approximate surface area is 122 Å². The molecule has 0 fully saturated rings. The molecule has 0 saturated carbocycles. The lowest BCUT2D eigenvalue weighted by atomic mass is 9.85. The third kappa shape index (κ3) is 3.65. The van der Waals surface area contributed by atoms with Crippen molar-refractivity contribution in [1.82, 2.24) is 0 Å². The normalized spacial score (nSPS) is 12.3. The Bertz CT molecular complexity index is 524. The molecule has 20 heavy (non-hydrogen) atoms. The third-order valence-electron chi connectivity index (χ3n) is 2.86. The fourth-order valence-electron chi connectivity index (χ4n) is 1.73. The molecule has 0 atom stereocenters. The van der Waals surface area contributed by atoms with Crippen LogP contribution in [0.4, 0.5) is 13.2 Å². The van der Waals surface area contributed by atoms with Gasteiger partial charge in [0.1, 0.15) is 5.75 Å². The van der Waals surface area contributed by atoms with Gasteiger partial charge in [0.2, 0.25) is 0 Å². The fraction of sp³-hybridized carbons (Fsp3) is 0.462. The zero-order valence-electron chi connectivity index (χ0n) is 11.1. The van der Waals surface area contributed by atoms with E-state index >= 15 is 0 Å². The van der Waals surface area contributed by atoms with Gasteiger partial charge in [-0.3, -0.25) is 4.79 Å². The minimum atomic E-state index is -4.50. The van der Waals surface area contributed by atoms with Crippen molar-refractivity contribution >= 4 is 21.9 Å². The van der Waals surface area contributed by atoms with Gasteiger partial charge in [-0.15, -0.1) is 0 Å². The van der Waals surface area contributed by atoms with Crippen molar-refractivity contribution in [1.29, 1.82) is 0 Å². The first kappa shape index (κ1) is 16.8. The number of methoxy groups -OCH3 is 1. The Morgan fingerprint density at radius 1 is 1.35 bits per heavy atom. The van der Waals surface area contributed by atoms with Crippen LogP contribution in [0.3, 0.4) is 0 Å². The number of ether oxygens (including phenoxy) is 1. The molecule has 0 aliphatic rings. The number of halogens is 4. The number of hydrogen-bond acceptors (Lipinski definition) is 2. The van der Waals surface area contributed by atoms with Gasteiger partial charge in [-0.25, -0.2) is 0 Å². The van der Waals surface area contributed by atoms with Gasteiger partial charge in [-0.2, -0.15) is 13.2 Å². The third-order valence-corrected chi connectivity index (χ3v) is 3.45. The van der Waals surface area contributed by atoms with E-state index in [1.165, 1.54) is 21.0 Å². The predicted octanol–water partition coefficient (Wildman–Crippen LogP) is 4.13. The van der Waals surface area contributed by atoms with Crippen molar-refractivity contribution in [3.63, 3.8) is 0 Å². The molecule has 7 heteroatoms. The molecule has 3 nitrogen and oxygen atoms in total. The average Bonchev–Trinajstić information content (AvgIpc) is 2.26. The van der Waals surface area contributed by atoms with Crippen LogP contribution in [0.5, 0.6) is 5.75 Å². The van der Waals surface area contributed by atoms with Crippen molar-refractivity contribution in [2.24, 2.45) is 5.41 Å². The van der Waals surface area contributed by atoms with Gasteiger partial charge in [0.25, 0.3) is 0 Å². The van der Waals surface area contributed by atoms with Crippen molar-refractivity contribution in [3.8, 4) is 5.75 Å². The van der Waals surface area contributed by atoms with Gasteiger partial charge in [-0.05, 0) is 53.9 Å². The lowest BCUT2D eigenvalue weighted by Crippen LogP contribution is -2.26. The minimum absolute atomic E-state index is 0.0754. The molecule has 0 unspecified atom stereocenters. The van der Waals surface area contributed by atoms with Crippen molar-refractivity contribution in [3.05, 3.63) is 27.7 Å². The number of alkyl halides is 3. The molecule has 1 aromatic carbocycles. The molecule has 0 aromatic heterocycles. The molecule has 0 bridgehead atoms. The lowest BCUT2D eigenvalue weighted by Gasteiger charge is -2.22. The smallest absolute Gasteiger partial charge is 0.416 e. The first-order valence-corrected chi connectivity index (χ1v) is 6.45. The lowest BCUT2D eigenvalue weighted by molar-refractivity contribution is -0.146. The van der Waals surface area contributed by atoms with E-state index in [2.05, 4.69) is 15.9 Å². The van der Waals surface area contributed by atoms with Crippen LogP contribution in [0, 0.1) is 5.41 Å². The Hall–Kier alpha value is -1.24. The first-order valence-electron chi connectivity index (χ1n) is 5.66. The molecule has 1 rings (SSSR count). The molecule has 1 aromatic rings. The number of carboxylic acids is 1.